The molecule has 0 saturated carbocycles. The highest BCUT2D eigenvalue weighted by molar-refractivity contribution is 5.15. The zero-order chi connectivity index (χ0) is 9.68. The first-order valence-electron chi connectivity index (χ1n) is 4.54. The maximum absolute atomic E-state index is 8.48. The maximum atomic E-state index is 8.48. The van der Waals surface area contributed by atoms with Crippen molar-refractivity contribution in [3.63, 3.8) is 0 Å². The van der Waals surface area contributed by atoms with Crippen LogP contribution in [0.25, 0.3) is 0 Å². The predicted octanol–water partition coefficient (Wildman–Crippen LogP) is 1.68. The molecule has 0 saturated heterocycles. The SMILES string of the molecule is CCNC(C)c1ccn(CC#N)c1. The average Bonchev–Trinajstić information content (AvgIpc) is 2.54. The molecule has 1 atom stereocenters. The van der Waals surface area contributed by atoms with E-state index in [-0.39, 0.29) is 0 Å². The van der Waals surface area contributed by atoms with Crippen LogP contribution in [0.1, 0.15) is 25.5 Å². The third-order valence-electron chi connectivity index (χ3n) is 2.04. The largest absolute Gasteiger partial charge is 0.340 e. The summed E-state index contributed by atoms with van der Waals surface area (Å²) in [6.07, 6.45) is 3.95. The third kappa shape index (κ3) is 2.60. The van der Waals surface area contributed by atoms with Crippen molar-refractivity contribution >= 4 is 0 Å². The van der Waals surface area contributed by atoms with Crippen LogP contribution in [0.3, 0.4) is 0 Å². The van der Waals surface area contributed by atoms with Crippen molar-refractivity contribution < 1.29 is 0 Å². The summed E-state index contributed by atoms with van der Waals surface area (Å²) in [5.41, 5.74) is 1.23. The fourth-order valence-electron chi connectivity index (χ4n) is 1.32. The highest BCUT2D eigenvalue weighted by Gasteiger charge is 2.04. The molecular formula is C10H15N3. The van der Waals surface area contributed by atoms with Crippen molar-refractivity contribution in [2.75, 3.05) is 6.54 Å². The van der Waals surface area contributed by atoms with E-state index in [0.717, 1.165) is 6.54 Å². The van der Waals surface area contributed by atoms with Crippen LogP contribution in [0.15, 0.2) is 18.5 Å². The van der Waals surface area contributed by atoms with E-state index in [1.807, 2.05) is 23.0 Å². The van der Waals surface area contributed by atoms with E-state index in [1.54, 1.807) is 0 Å². The normalized spacial score (nSPS) is 12.4. The first-order chi connectivity index (χ1) is 6.27. The van der Waals surface area contributed by atoms with E-state index in [2.05, 4.69) is 25.2 Å². The zero-order valence-electron chi connectivity index (χ0n) is 8.12. The molecule has 1 unspecified atom stereocenters. The lowest BCUT2D eigenvalue weighted by Gasteiger charge is -2.09. The Labute approximate surface area is 79.0 Å². The van der Waals surface area contributed by atoms with Crippen LogP contribution >= 0.6 is 0 Å². The van der Waals surface area contributed by atoms with E-state index >= 15 is 0 Å². The summed E-state index contributed by atoms with van der Waals surface area (Å²) in [4.78, 5) is 0. The first-order valence-corrected chi connectivity index (χ1v) is 4.54. The van der Waals surface area contributed by atoms with Crippen LogP contribution in [-0.4, -0.2) is 11.1 Å². The molecule has 3 nitrogen and oxygen atoms in total. The molecule has 1 aromatic rings. The minimum atomic E-state index is 0.366. The molecule has 0 amide bonds. The van der Waals surface area contributed by atoms with Gasteiger partial charge in [-0.2, -0.15) is 5.26 Å². The second kappa shape index (κ2) is 4.68. The molecule has 70 valence electrons. The third-order valence-corrected chi connectivity index (χ3v) is 2.04. The number of nitrogens with one attached hydrogen (secondary N) is 1. The summed E-state index contributed by atoms with van der Waals surface area (Å²) in [7, 11) is 0. The molecule has 0 bridgehead atoms. The second-order valence-electron chi connectivity index (χ2n) is 3.05. The molecule has 1 heterocycles. The van der Waals surface area contributed by atoms with Gasteiger partial charge >= 0.3 is 0 Å². The maximum Gasteiger partial charge on any atom is 0.109 e. The van der Waals surface area contributed by atoms with Crippen molar-refractivity contribution in [1.29, 1.82) is 5.26 Å². The quantitative estimate of drug-likeness (QED) is 0.760. The molecule has 0 aliphatic heterocycles. The first kappa shape index (κ1) is 9.82. The van der Waals surface area contributed by atoms with E-state index < -0.39 is 0 Å². The van der Waals surface area contributed by atoms with Gasteiger partial charge < -0.3 is 9.88 Å². The smallest absolute Gasteiger partial charge is 0.109 e. The summed E-state index contributed by atoms with van der Waals surface area (Å²) in [6.45, 7) is 5.60. The van der Waals surface area contributed by atoms with Crippen LogP contribution < -0.4 is 5.32 Å². The molecule has 0 aliphatic rings. The Morgan fingerprint density at radius 1 is 1.69 bits per heavy atom. The molecular weight excluding hydrogens is 162 g/mol. The van der Waals surface area contributed by atoms with E-state index in [9.17, 15) is 0 Å². The summed E-state index contributed by atoms with van der Waals surface area (Å²) >= 11 is 0. The van der Waals surface area contributed by atoms with Gasteiger partial charge in [-0.05, 0) is 25.1 Å². The number of aromatic nitrogens is 1. The number of nitriles is 1. The lowest BCUT2D eigenvalue weighted by molar-refractivity contribution is 0.597. The van der Waals surface area contributed by atoms with Crippen molar-refractivity contribution in [2.24, 2.45) is 0 Å². The molecule has 3 heteroatoms. The van der Waals surface area contributed by atoms with E-state index in [4.69, 9.17) is 5.26 Å². The Hall–Kier alpha value is -1.27. The Morgan fingerprint density at radius 2 is 2.46 bits per heavy atom. The molecule has 1 aromatic heterocycles. The van der Waals surface area contributed by atoms with Gasteiger partial charge in [0.05, 0.1) is 6.07 Å². The van der Waals surface area contributed by atoms with Crippen molar-refractivity contribution in [2.45, 2.75) is 26.4 Å². The standard InChI is InChI=1S/C10H15N3/c1-3-12-9(2)10-4-6-13(8-10)7-5-11/h4,6,8-9,12H,3,7H2,1-2H3. The number of nitrogens with zero attached hydrogens (tertiary/aromatic N) is 2. The summed E-state index contributed by atoms with van der Waals surface area (Å²) < 4.78 is 1.89. The average molecular weight is 177 g/mol. The zero-order valence-corrected chi connectivity index (χ0v) is 8.12. The highest BCUT2D eigenvalue weighted by atomic mass is 15.0. The molecule has 13 heavy (non-hydrogen) atoms. The molecule has 0 fully saturated rings. The van der Waals surface area contributed by atoms with Gasteiger partial charge in [-0.3, -0.25) is 0 Å². The second-order valence-corrected chi connectivity index (χ2v) is 3.05. The molecule has 0 aromatic carbocycles. The Kier molecular flexibility index (Phi) is 3.53. The van der Waals surface area contributed by atoms with Gasteiger partial charge in [-0.15, -0.1) is 0 Å². The highest BCUT2D eigenvalue weighted by Crippen LogP contribution is 2.11. The van der Waals surface area contributed by atoms with Gasteiger partial charge in [0, 0.05) is 18.4 Å². The minimum Gasteiger partial charge on any atom is -0.340 e. The number of hydrogen-bond donors (Lipinski definition) is 1. The minimum absolute atomic E-state index is 0.366. The summed E-state index contributed by atoms with van der Waals surface area (Å²) in [5.74, 6) is 0. The van der Waals surface area contributed by atoms with Gasteiger partial charge in [-0.1, -0.05) is 6.92 Å². The van der Waals surface area contributed by atoms with Crippen molar-refractivity contribution in [1.82, 2.24) is 9.88 Å². The van der Waals surface area contributed by atoms with Crippen LogP contribution in [0.4, 0.5) is 0 Å². The Morgan fingerprint density at radius 3 is 3.08 bits per heavy atom. The van der Waals surface area contributed by atoms with Gasteiger partial charge in [0.1, 0.15) is 6.54 Å². The van der Waals surface area contributed by atoms with Crippen LogP contribution in [-0.2, 0) is 6.54 Å². The number of rotatable bonds is 4. The Bertz CT molecular complexity index is 295. The molecule has 0 radical (unpaired) electrons. The van der Waals surface area contributed by atoms with Gasteiger partial charge in [0.15, 0.2) is 0 Å². The Balaban J connectivity index is 2.63. The number of hydrogen-bond acceptors (Lipinski definition) is 2. The van der Waals surface area contributed by atoms with E-state index in [1.165, 1.54) is 5.56 Å². The monoisotopic (exact) mass is 177 g/mol. The lowest BCUT2D eigenvalue weighted by atomic mass is 10.2. The predicted molar refractivity (Wildman–Crippen MR) is 52.1 cm³/mol. The molecule has 1 rings (SSSR count). The summed E-state index contributed by atoms with van der Waals surface area (Å²) in [6, 6.07) is 4.52. The fourth-order valence-corrected chi connectivity index (χ4v) is 1.32. The lowest BCUT2D eigenvalue weighted by Crippen LogP contribution is -2.17. The van der Waals surface area contributed by atoms with Crippen molar-refractivity contribution in [3.8, 4) is 6.07 Å². The van der Waals surface area contributed by atoms with Gasteiger partial charge in [0.25, 0.3) is 0 Å². The van der Waals surface area contributed by atoms with E-state index in [0.29, 0.717) is 12.6 Å². The van der Waals surface area contributed by atoms with Crippen molar-refractivity contribution in [3.05, 3.63) is 24.0 Å². The van der Waals surface area contributed by atoms with Crippen LogP contribution in [0.2, 0.25) is 0 Å². The van der Waals surface area contributed by atoms with Gasteiger partial charge in [-0.25, -0.2) is 0 Å². The van der Waals surface area contributed by atoms with Crippen LogP contribution in [0, 0.1) is 11.3 Å². The molecule has 0 aliphatic carbocycles. The molecule has 1 N–H and O–H groups in total. The van der Waals surface area contributed by atoms with Crippen LogP contribution in [0.5, 0.6) is 0 Å². The summed E-state index contributed by atoms with van der Waals surface area (Å²) in [5, 5.41) is 11.8. The fraction of sp³-hybridized carbons (Fsp3) is 0.500. The molecule has 0 spiro atoms. The van der Waals surface area contributed by atoms with Gasteiger partial charge in [0.2, 0.25) is 0 Å². The topological polar surface area (TPSA) is 40.8 Å².